The van der Waals surface area contributed by atoms with Gasteiger partial charge in [-0.3, -0.25) is 9.10 Å². The number of nitrogens with one attached hydrogen (secondary N) is 1. The Morgan fingerprint density at radius 1 is 1.12 bits per heavy atom. The van der Waals surface area contributed by atoms with E-state index in [9.17, 15) is 13.2 Å². The van der Waals surface area contributed by atoms with Gasteiger partial charge in [0.15, 0.2) is 6.10 Å². The number of para-hydroxylation sites is 2. The van der Waals surface area contributed by atoms with Crippen molar-refractivity contribution in [2.24, 2.45) is 0 Å². The quantitative estimate of drug-likeness (QED) is 0.584. The number of carbonyl (C=O) groups excluding carboxylic acids is 1. The first-order chi connectivity index (χ1) is 15.4. The Morgan fingerprint density at radius 3 is 2.62 bits per heavy atom. The lowest BCUT2D eigenvalue weighted by Gasteiger charge is -2.34. The van der Waals surface area contributed by atoms with Crippen molar-refractivity contribution in [3.8, 4) is 5.75 Å². The molecule has 0 spiro atoms. The summed E-state index contributed by atoms with van der Waals surface area (Å²) in [5.41, 5.74) is 1.83. The van der Waals surface area contributed by atoms with Crippen molar-refractivity contribution >= 4 is 38.9 Å². The average Bonchev–Trinajstić information content (AvgIpc) is 2.79. The number of halogens is 1. The zero-order valence-electron chi connectivity index (χ0n) is 17.2. The molecule has 0 saturated heterocycles. The van der Waals surface area contributed by atoms with Gasteiger partial charge in [-0.25, -0.2) is 8.42 Å². The third kappa shape index (κ3) is 4.57. The number of hydrogen-bond acceptors (Lipinski definition) is 5. The van der Waals surface area contributed by atoms with Crippen molar-refractivity contribution < 1.29 is 22.7 Å². The van der Waals surface area contributed by atoms with Crippen LogP contribution >= 0.6 is 11.6 Å². The molecule has 0 aromatic heterocycles. The molecule has 0 fully saturated rings. The molecular weight excluding hydrogens is 452 g/mol. The molecule has 1 aliphatic rings. The number of rotatable bonds is 6. The molecule has 166 valence electrons. The van der Waals surface area contributed by atoms with Crippen molar-refractivity contribution in [2.45, 2.75) is 17.6 Å². The van der Waals surface area contributed by atoms with Crippen LogP contribution < -0.4 is 14.4 Å². The Labute approximate surface area is 191 Å². The molecule has 3 aromatic rings. The molecular formula is C23H21ClN2O5S. The van der Waals surface area contributed by atoms with Crippen LogP contribution in [0.1, 0.15) is 5.56 Å². The van der Waals surface area contributed by atoms with Crippen LogP contribution in [-0.2, 0) is 26.2 Å². The van der Waals surface area contributed by atoms with Gasteiger partial charge in [0.25, 0.3) is 15.9 Å². The van der Waals surface area contributed by atoms with E-state index in [1.54, 1.807) is 49.6 Å². The normalized spacial score (nSPS) is 15.6. The average molecular weight is 473 g/mol. The zero-order chi connectivity index (χ0) is 22.7. The lowest BCUT2D eigenvalue weighted by Crippen LogP contribution is -2.48. The van der Waals surface area contributed by atoms with E-state index in [0.717, 1.165) is 5.56 Å². The van der Waals surface area contributed by atoms with Crippen LogP contribution in [0.15, 0.2) is 77.7 Å². The highest BCUT2D eigenvalue weighted by molar-refractivity contribution is 7.92. The van der Waals surface area contributed by atoms with E-state index in [-0.39, 0.29) is 11.4 Å². The first-order valence-electron chi connectivity index (χ1n) is 9.81. The Hall–Kier alpha value is -3.07. The van der Waals surface area contributed by atoms with Crippen molar-refractivity contribution in [3.63, 3.8) is 0 Å². The van der Waals surface area contributed by atoms with Crippen molar-refractivity contribution in [1.29, 1.82) is 0 Å². The number of nitrogens with zero attached hydrogens (tertiary/aromatic N) is 1. The maximum Gasteiger partial charge on any atom is 0.267 e. The molecule has 1 heterocycles. The number of amides is 1. The Morgan fingerprint density at radius 2 is 1.88 bits per heavy atom. The summed E-state index contributed by atoms with van der Waals surface area (Å²) in [5.74, 6) is -0.144. The van der Waals surface area contributed by atoms with Gasteiger partial charge in [-0.15, -0.1) is 0 Å². The fourth-order valence-electron chi connectivity index (χ4n) is 3.43. The van der Waals surface area contributed by atoms with Crippen LogP contribution in [0, 0.1) is 0 Å². The van der Waals surface area contributed by atoms with Gasteiger partial charge in [-0.1, -0.05) is 35.9 Å². The highest BCUT2D eigenvalue weighted by Crippen LogP contribution is 2.37. The minimum Gasteiger partial charge on any atom is -0.476 e. The summed E-state index contributed by atoms with van der Waals surface area (Å²) < 4.78 is 39.0. The third-order valence-corrected chi connectivity index (χ3v) is 6.98. The summed E-state index contributed by atoms with van der Waals surface area (Å²) >= 11 is 5.91. The van der Waals surface area contributed by atoms with Gasteiger partial charge in [0.1, 0.15) is 5.75 Å². The molecule has 0 bridgehead atoms. The first kappa shape index (κ1) is 22.1. The number of carbonyl (C=O) groups is 1. The molecule has 1 amide bonds. The number of benzene rings is 3. The summed E-state index contributed by atoms with van der Waals surface area (Å²) in [6.07, 6.45) is -1.04. The van der Waals surface area contributed by atoms with E-state index >= 15 is 0 Å². The van der Waals surface area contributed by atoms with Crippen molar-refractivity contribution in [1.82, 2.24) is 0 Å². The lowest BCUT2D eigenvalue weighted by molar-refractivity contribution is -0.122. The standard InChI is InChI=1S/C23H21ClN2O5S/c1-30-15-16-5-4-6-18(13-16)25-23(27)22-14-26(20-7-2-3-8-21(20)31-22)32(28,29)19-11-9-17(24)10-12-19/h2-13,22H,14-15H2,1H3,(H,25,27)/t22-/m0/s1. The molecule has 3 aromatic carbocycles. The summed E-state index contributed by atoms with van der Waals surface area (Å²) in [4.78, 5) is 13.1. The summed E-state index contributed by atoms with van der Waals surface area (Å²) in [6.45, 7) is 0.232. The van der Waals surface area contributed by atoms with Gasteiger partial charge < -0.3 is 14.8 Å². The Kier molecular flexibility index (Phi) is 6.36. The Bertz CT molecular complexity index is 1230. The second-order valence-corrected chi connectivity index (χ2v) is 9.49. The summed E-state index contributed by atoms with van der Waals surface area (Å²) in [7, 11) is -2.36. The molecule has 0 aliphatic carbocycles. The van der Waals surface area contributed by atoms with Gasteiger partial charge in [0.2, 0.25) is 0 Å². The highest BCUT2D eigenvalue weighted by atomic mass is 35.5. The van der Waals surface area contributed by atoms with E-state index in [2.05, 4.69) is 5.32 Å². The van der Waals surface area contributed by atoms with Crippen LogP contribution in [-0.4, -0.2) is 34.1 Å². The predicted molar refractivity (Wildman–Crippen MR) is 123 cm³/mol. The minimum absolute atomic E-state index is 0.0741. The number of hydrogen-bond donors (Lipinski definition) is 1. The van der Waals surface area contributed by atoms with E-state index < -0.39 is 22.0 Å². The SMILES string of the molecule is COCc1cccc(NC(=O)[C@@H]2CN(S(=O)(=O)c3ccc(Cl)cc3)c3ccccc3O2)c1. The van der Waals surface area contributed by atoms with Gasteiger partial charge in [-0.05, 0) is 54.1 Å². The Balaban J connectivity index is 1.63. The van der Waals surface area contributed by atoms with E-state index in [4.69, 9.17) is 21.1 Å². The lowest BCUT2D eigenvalue weighted by atomic mass is 10.2. The van der Waals surface area contributed by atoms with Crippen LogP contribution in [0.3, 0.4) is 0 Å². The molecule has 1 atom stereocenters. The molecule has 0 radical (unpaired) electrons. The van der Waals surface area contributed by atoms with E-state index in [1.165, 1.54) is 28.6 Å². The van der Waals surface area contributed by atoms with E-state index in [1.807, 2.05) is 6.07 Å². The van der Waals surface area contributed by atoms with Gasteiger partial charge >= 0.3 is 0 Å². The molecule has 7 nitrogen and oxygen atoms in total. The maximum absolute atomic E-state index is 13.4. The molecule has 1 N–H and O–H groups in total. The molecule has 0 saturated carbocycles. The predicted octanol–water partition coefficient (Wildman–Crippen LogP) is 4.08. The summed E-state index contributed by atoms with van der Waals surface area (Å²) in [5, 5.41) is 3.23. The van der Waals surface area contributed by atoms with E-state index in [0.29, 0.717) is 28.8 Å². The van der Waals surface area contributed by atoms with Crippen LogP contribution in [0.2, 0.25) is 5.02 Å². The van der Waals surface area contributed by atoms with Gasteiger partial charge in [0, 0.05) is 17.8 Å². The topological polar surface area (TPSA) is 84.9 Å². The van der Waals surface area contributed by atoms with Crippen LogP contribution in [0.5, 0.6) is 5.75 Å². The minimum atomic E-state index is -3.95. The summed E-state index contributed by atoms with van der Waals surface area (Å²) in [6, 6.07) is 19.8. The molecule has 0 unspecified atom stereocenters. The second kappa shape index (κ2) is 9.20. The first-order valence-corrected chi connectivity index (χ1v) is 11.6. The maximum atomic E-state index is 13.4. The van der Waals surface area contributed by atoms with Gasteiger partial charge in [-0.2, -0.15) is 0 Å². The third-order valence-electron chi connectivity index (χ3n) is 4.93. The smallest absolute Gasteiger partial charge is 0.267 e. The molecule has 1 aliphatic heterocycles. The largest absolute Gasteiger partial charge is 0.476 e. The highest BCUT2D eigenvalue weighted by Gasteiger charge is 2.37. The fourth-order valence-corrected chi connectivity index (χ4v) is 5.03. The molecule has 32 heavy (non-hydrogen) atoms. The van der Waals surface area contributed by atoms with Crippen molar-refractivity contribution in [2.75, 3.05) is 23.3 Å². The number of ether oxygens (including phenoxy) is 2. The molecule has 4 rings (SSSR count). The molecule has 9 heteroatoms. The second-order valence-electron chi connectivity index (χ2n) is 7.19. The zero-order valence-corrected chi connectivity index (χ0v) is 18.8. The number of fused-ring (bicyclic) bond motifs is 1. The monoisotopic (exact) mass is 472 g/mol. The van der Waals surface area contributed by atoms with Crippen LogP contribution in [0.25, 0.3) is 0 Å². The number of sulfonamides is 1. The number of methoxy groups -OCH3 is 1. The number of anilines is 2. The van der Waals surface area contributed by atoms with Crippen LogP contribution in [0.4, 0.5) is 11.4 Å². The van der Waals surface area contributed by atoms with Gasteiger partial charge in [0.05, 0.1) is 23.7 Å². The fraction of sp³-hybridized carbons (Fsp3) is 0.174. The van der Waals surface area contributed by atoms with Crippen molar-refractivity contribution in [3.05, 3.63) is 83.4 Å².